The summed E-state index contributed by atoms with van der Waals surface area (Å²) in [6.45, 7) is 2.59. The van der Waals surface area contributed by atoms with Crippen molar-refractivity contribution in [2.24, 2.45) is 0 Å². The van der Waals surface area contributed by atoms with Crippen LogP contribution in [0, 0.1) is 12.7 Å². The molecule has 1 aromatic carbocycles. The van der Waals surface area contributed by atoms with Crippen LogP contribution in [0.15, 0.2) is 6.07 Å². The molecular formula is C10H10FNO3. The Bertz CT molecular complexity index is 429. The highest BCUT2D eigenvalue weighted by atomic mass is 19.1. The summed E-state index contributed by atoms with van der Waals surface area (Å²) in [5, 5.41) is 11.8. The second-order valence-corrected chi connectivity index (χ2v) is 3.09. The quantitative estimate of drug-likeness (QED) is 0.577. The Morgan fingerprint density at radius 2 is 2.20 bits per heavy atom. The van der Waals surface area contributed by atoms with E-state index in [2.05, 4.69) is 5.32 Å². The van der Waals surface area contributed by atoms with Gasteiger partial charge in [0, 0.05) is 13.0 Å². The summed E-state index contributed by atoms with van der Waals surface area (Å²) in [4.78, 5) is 21.3. The summed E-state index contributed by atoms with van der Waals surface area (Å²) in [5.41, 5.74) is -0.206. The fourth-order valence-corrected chi connectivity index (χ4v) is 1.18. The molecule has 15 heavy (non-hydrogen) atoms. The van der Waals surface area contributed by atoms with Crippen molar-refractivity contribution >= 4 is 17.9 Å². The van der Waals surface area contributed by atoms with Gasteiger partial charge in [0.2, 0.25) is 5.91 Å². The van der Waals surface area contributed by atoms with Crippen molar-refractivity contribution in [1.82, 2.24) is 0 Å². The predicted octanol–water partition coefficient (Wildman–Crippen LogP) is 1.61. The number of amides is 1. The van der Waals surface area contributed by atoms with Crippen LogP contribution in [0.3, 0.4) is 0 Å². The number of aldehydes is 1. The minimum Gasteiger partial charge on any atom is -0.505 e. The molecule has 1 amide bonds. The Balaban J connectivity index is 3.36. The molecule has 0 aliphatic heterocycles. The largest absolute Gasteiger partial charge is 0.505 e. The van der Waals surface area contributed by atoms with Crippen LogP contribution in [-0.4, -0.2) is 17.3 Å². The second-order valence-electron chi connectivity index (χ2n) is 3.09. The molecule has 0 heterocycles. The summed E-state index contributed by atoms with van der Waals surface area (Å²) < 4.78 is 13.2. The van der Waals surface area contributed by atoms with E-state index in [0.717, 1.165) is 6.07 Å². The molecule has 0 bridgehead atoms. The minimum atomic E-state index is -0.654. The first-order valence-corrected chi connectivity index (χ1v) is 4.22. The van der Waals surface area contributed by atoms with Gasteiger partial charge in [0.25, 0.3) is 0 Å². The lowest BCUT2D eigenvalue weighted by Gasteiger charge is -2.09. The molecule has 80 valence electrons. The van der Waals surface area contributed by atoms with Gasteiger partial charge >= 0.3 is 0 Å². The maximum atomic E-state index is 13.2. The number of anilines is 1. The molecule has 1 aromatic rings. The van der Waals surface area contributed by atoms with Crippen LogP contribution in [0.25, 0.3) is 0 Å². The third kappa shape index (κ3) is 2.12. The van der Waals surface area contributed by atoms with Crippen molar-refractivity contribution < 1.29 is 19.1 Å². The van der Waals surface area contributed by atoms with Gasteiger partial charge < -0.3 is 10.4 Å². The fourth-order valence-electron chi connectivity index (χ4n) is 1.18. The molecule has 4 nitrogen and oxygen atoms in total. The Morgan fingerprint density at radius 3 is 2.67 bits per heavy atom. The zero-order valence-corrected chi connectivity index (χ0v) is 8.30. The number of phenolic OH excluding ortho intramolecular Hbond substituents is 1. The van der Waals surface area contributed by atoms with E-state index < -0.39 is 17.5 Å². The van der Waals surface area contributed by atoms with Gasteiger partial charge in [-0.25, -0.2) is 4.39 Å². The normalized spacial score (nSPS) is 9.80. The standard InChI is InChI=1S/C10H10FNO3/c1-5-7(4-13)10(15)9(3-8(5)11)12-6(2)14/h3-4,15H,1-2H3,(H,12,14). The number of halogens is 1. The molecule has 2 N–H and O–H groups in total. The SMILES string of the molecule is CC(=O)Nc1cc(F)c(C)c(C=O)c1O. The number of hydrogen-bond acceptors (Lipinski definition) is 3. The predicted molar refractivity (Wildman–Crippen MR) is 52.5 cm³/mol. The number of carbonyl (C=O) groups is 2. The van der Waals surface area contributed by atoms with E-state index in [1.54, 1.807) is 0 Å². The molecule has 0 atom stereocenters. The summed E-state index contributed by atoms with van der Waals surface area (Å²) >= 11 is 0. The van der Waals surface area contributed by atoms with Crippen LogP contribution in [-0.2, 0) is 4.79 Å². The Hall–Kier alpha value is -1.91. The van der Waals surface area contributed by atoms with Gasteiger partial charge in [0.1, 0.15) is 11.6 Å². The first kappa shape index (κ1) is 11.2. The molecule has 0 fully saturated rings. The lowest BCUT2D eigenvalue weighted by atomic mass is 10.1. The second kappa shape index (κ2) is 4.08. The summed E-state index contributed by atoms with van der Waals surface area (Å²) in [5.74, 6) is -1.52. The van der Waals surface area contributed by atoms with Crippen LogP contribution in [0.2, 0.25) is 0 Å². The number of hydrogen-bond donors (Lipinski definition) is 2. The number of aromatic hydroxyl groups is 1. The molecule has 0 aliphatic carbocycles. The maximum Gasteiger partial charge on any atom is 0.221 e. The summed E-state index contributed by atoms with van der Waals surface area (Å²) in [6.07, 6.45) is 0.346. The molecule has 0 saturated carbocycles. The van der Waals surface area contributed by atoms with Gasteiger partial charge in [-0.2, -0.15) is 0 Å². The fraction of sp³-hybridized carbons (Fsp3) is 0.200. The highest BCUT2D eigenvalue weighted by Crippen LogP contribution is 2.30. The third-order valence-electron chi connectivity index (χ3n) is 1.97. The van der Waals surface area contributed by atoms with E-state index in [9.17, 15) is 19.1 Å². The zero-order chi connectivity index (χ0) is 11.6. The lowest BCUT2D eigenvalue weighted by molar-refractivity contribution is -0.114. The highest BCUT2D eigenvalue weighted by Gasteiger charge is 2.14. The summed E-state index contributed by atoms with van der Waals surface area (Å²) in [7, 11) is 0. The first-order valence-electron chi connectivity index (χ1n) is 4.22. The molecule has 0 aliphatic rings. The number of benzene rings is 1. The molecular weight excluding hydrogens is 201 g/mol. The monoisotopic (exact) mass is 211 g/mol. The van der Waals surface area contributed by atoms with Gasteiger partial charge in [0.15, 0.2) is 6.29 Å². The van der Waals surface area contributed by atoms with Crippen LogP contribution >= 0.6 is 0 Å². The Kier molecular flexibility index (Phi) is 3.04. The summed E-state index contributed by atoms with van der Waals surface area (Å²) in [6, 6.07) is 0.971. The van der Waals surface area contributed by atoms with Gasteiger partial charge in [-0.15, -0.1) is 0 Å². The van der Waals surface area contributed by atoms with Crippen LogP contribution in [0.5, 0.6) is 5.75 Å². The Labute approximate surface area is 85.7 Å². The molecule has 0 aromatic heterocycles. The number of carbonyl (C=O) groups excluding carboxylic acids is 2. The molecule has 0 spiro atoms. The number of nitrogens with one attached hydrogen (secondary N) is 1. The Morgan fingerprint density at radius 1 is 1.60 bits per heavy atom. The van der Waals surface area contributed by atoms with Gasteiger partial charge in [-0.05, 0) is 12.5 Å². The van der Waals surface area contributed by atoms with E-state index in [1.807, 2.05) is 0 Å². The molecule has 1 rings (SSSR count). The van der Waals surface area contributed by atoms with Crippen molar-refractivity contribution in [1.29, 1.82) is 0 Å². The molecule has 0 radical (unpaired) electrons. The molecule has 0 unspecified atom stereocenters. The lowest BCUT2D eigenvalue weighted by Crippen LogP contribution is -2.08. The van der Waals surface area contributed by atoms with Crippen molar-refractivity contribution in [3.63, 3.8) is 0 Å². The zero-order valence-electron chi connectivity index (χ0n) is 8.30. The van der Waals surface area contributed by atoms with Crippen LogP contribution < -0.4 is 5.32 Å². The first-order chi connectivity index (χ1) is 6.97. The number of phenols is 1. The van der Waals surface area contributed by atoms with Crippen molar-refractivity contribution in [3.8, 4) is 5.75 Å². The van der Waals surface area contributed by atoms with Gasteiger partial charge in [0.05, 0.1) is 11.3 Å². The number of rotatable bonds is 2. The average molecular weight is 211 g/mol. The van der Waals surface area contributed by atoms with Gasteiger partial charge in [-0.3, -0.25) is 9.59 Å². The van der Waals surface area contributed by atoms with E-state index in [1.165, 1.54) is 13.8 Å². The van der Waals surface area contributed by atoms with Crippen molar-refractivity contribution in [2.45, 2.75) is 13.8 Å². The molecule has 5 heteroatoms. The van der Waals surface area contributed by atoms with Gasteiger partial charge in [-0.1, -0.05) is 0 Å². The molecule has 0 saturated heterocycles. The van der Waals surface area contributed by atoms with E-state index >= 15 is 0 Å². The van der Waals surface area contributed by atoms with Crippen molar-refractivity contribution in [2.75, 3.05) is 5.32 Å². The van der Waals surface area contributed by atoms with Crippen molar-refractivity contribution in [3.05, 3.63) is 23.0 Å². The third-order valence-corrected chi connectivity index (χ3v) is 1.97. The minimum absolute atomic E-state index is 0.0524. The maximum absolute atomic E-state index is 13.2. The van der Waals surface area contributed by atoms with Crippen LogP contribution in [0.1, 0.15) is 22.8 Å². The highest BCUT2D eigenvalue weighted by molar-refractivity contribution is 5.94. The van der Waals surface area contributed by atoms with Crippen LogP contribution in [0.4, 0.5) is 10.1 Å². The van der Waals surface area contributed by atoms with E-state index in [4.69, 9.17) is 0 Å². The van der Waals surface area contributed by atoms with E-state index in [-0.39, 0.29) is 16.8 Å². The average Bonchev–Trinajstić information content (AvgIpc) is 2.14. The topological polar surface area (TPSA) is 66.4 Å². The van der Waals surface area contributed by atoms with E-state index in [0.29, 0.717) is 6.29 Å². The smallest absolute Gasteiger partial charge is 0.221 e.